The second-order valence-corrected chi connectivity index (χ2v) is 3.56. The highest BCUT2D eigenvalue weighted by molar-refractivity contribution is 7.07. The summed E-state index contributed by atoms with van der Waals surface area (Å²) in [5.74, 6) is -0.0585. The number of aromatic nitrogens is 2. The molecule has 2 heterocycles. The average Bonchev–Trinajstić information content (AvgIpc) is 2.70. The largest absolute Gasteiger partial charge is 0.287 e. The van der Waals surface area contributed by atoms with Crippen molar-refractivity contribution in [3.05, 3.63) is 46.2 Å². The van der Waals surface area contributed by atoms with Crippen LogP contribution in [0.15, 0.2) is 29.2 Å². The number of nitrogens with zero attached hydrogens (tertiary/aromatic N) is 2. The smallest absolute Gasteiger partial charge is 0.214 e. The quantitative estimate of drug-likeness (QED) is 0.703. The average molecular weight is 204 g/mol. The summed E-state index contributed by atoms with van der Waals surface area (Å²) in [7, 11) is 0. The van der Waals surface area contributed by atoms with Gasteiger partial charge in [0.1, 0.15) is 5.69 Å². The zero-order chi connectivity index (χ0) is 9.97. The first-order chi connectivity index (χ1) is 6.79. The summed E-state index contributed by atoms with van der Waals surface area (Å²) in [6.07, 6.45) is 1.67. The third-order valence-electron chi connectivity index (χ3n) is 1.92. The lowest BCUT2D eigenvalue weighted by molar-refractivity contribution is 0.103. The van der Waals surface area contributed by atoms with Crippen LogP contribution in [0, 0.1) is 6.92 Å². The number of hydrogen-bond acceptors (Lipinski definition) is 4. The summed E-state index contributed by atoms with van der Waals surface area (Å²) >= 11 is 1.42. The van der Waals surface area contributed by atoms with Crippen LogP contribution in [0.4, 0.5) is 0 Å². The van der Waals surface area contributed by atoms with Crippen LogP contribution in [0.3, 0.4) is 0 Å². The van der Waals surface area contributed by atoms with Crippen molar-refractivity contribution in [2.45, 2.75) is 6.92 Å². The molecule has 0 aliphatic rings. The van der Waals surface area contributed by atoms with E-state index in [1.54, 1.807) is 29.2 Å². The van der Waals surface area contributed by atoms with E-state index < -0.39 is 0 Å². The van der Waals surface area contributed by atoms with Crippen molar-refractivity contribution < 1.29 is 4.79 Å². The maximum atomic E-state index is 11.8. The number of thiazole rings is 1. The first-order valence-electron chi connectivity index (χ1n) is 4.13. The SMILES string of the molecule is Cc1ncccc1C(=O)c1cscn1. The van der Waals surface area contributed by atoms with Crippen molar-refractivity contribution in [2.75, 3.05) is 0 Å². The second-order valence-electron chi connectivity index (χ2n) is 2.84. The number of carbonyl (C=O) groups is 1. The molecule has 0 saturated heterocycles. The van der Waals surface area contributed by atoms with Crippen LogP contribution in [0.5, 0.6) is 0 Å². The lowest BCUT2D eigenvalue weighted by Crippen LogP contribution is -2.04. The topological polar surface area (TPSA) is 42.9 Å². The molecule has 3 nitrogen and oxygen atoms in total. The molecular formula is C10H8N2OS. The van der Waals surface area contributed by atoms with Gasteiger partial charge in [-0.15, -0.1) is 11.3 Å². The molecule has 70 valence electrons. The third kappa shape index (κ3) is 1.56. The summed E-state index contributed by atoms with van der Waals surface area (Å²) in [5.41, 5.74) is 3.51. The highest BCUT2D eigenvalue weighted by atomic mass is 32.1. The Morgan fingerprint density at radius 2 is 2.29 bits per heavy atom. The minimum Gasteiger partial charge on any atom is -0.287 e. The molecule has 2 aromatic heterocycles. The summed E-state index contributed by atoms with van der Waals surface area (Å²) in [5, 5.41) is 1.74. The fourth-order valence-corrected chi connectivity index (χ4v) is 1.72. The summed E-state index contributed by atoms with van der Waals surface area (Å²) in [4.78, 5) is 19.9. The molecule has 0 unspecified atom stereocenters. The number of pyridine rings is 1. The first-order valence-corrected chi connectivity index (χ1v) is 5.08. The minimum absolute atomic E-state index is 0.0585. The van der Waals surface area contributed by atoms with Crippen molar-refractivity contribution in [2.24, 2.45) is 0 Å². The van der Waals surface area contributed by atoms with Crippen LogP contribution >= 0.6 is 11.3 Å². The van der Waals surface area contributed by atoms with Gasteiger partial charge in [0.05, 0.1) is 5.51 Å². The zero-order valence-electron chi connectivity index (χ0n) is 7.60. The van der Waals surface area contributed by atoms with Gasteiger partial charge in [-0.3, -0.25) is 9.78 Å². The van der Waals surface area contributed by atoms with E-state index in [2.05, 4.69) is 9.97 Å². The molecule has 0 bridgehead atoms. The van der Waals surface area contributed by atoms with Gasteiger partial charge in [-0.1, -0.05) is 0 Å². The predicted octanol–water partition coefficient (Wildman–Crippen LogP) is 2.08. The Morgan fingerprint density at radius 3 is 2.93 bits per heavy atom. The lowest BCUT2D eigenvalue weighted by Gasteiger charge is -2.00. The lowest BCUT2D eigenvalue weighted by atomic mass is 10.1. The van der Waals surface area contributed by atoms with Gasteiger partial charge in [0.25, 0.3) is 0 Å². The highest BCUT2D eigenvalue weighted by Crippen LogP contribution is 2.11. The Balaban J connectivity index is 2.42. The van der Waals surface area contributed by atoms with Crippen molar-refractivity contribution in [1.29, 1.82) is 0 Å². The number of hydrogen-bond donors (Lipinski definition) is 0. The van der Waals surface area contributed by atoms with Crippen LogP contribution in [0.25, 0.3) is 0 Å². The summed E-state index contributed by atoms with van der Waals surface area (Å²) in [6.45, 7) is 1.82. The maximum absolute atomic E-state index is 11.8. The molecule has 0 aliphatic heterocycles. The fraction of sp³-hybridized carbons (Fsp3) is 0.100. The van der Waals surface area contributed by atoms with Crippen molar-refractivity contribution >= 4 is 17.1 Å². The molecule has 0 radical (unpaired) electrons. The van der Waals surface area contributed by atoms with Gasteiger partial charge < -0.3 is 0 Å². The Hall–Kier alpha value is -1.55. The summed E-state index contributed by atoms with van der Waals surface area (Å²) < 4.78 is 0. The third-order valence-corrected chi connectivity index (χ3v) is 2.50. The van der Waals surface area contributed by atoms with Crippen molar-refractivity contribution in [1.82, 2.24) is 9.97 Å². The van der Waals surface area contributed by atoms with E-state index in [0.29, 0.717) is 11.3 Å². The number of ketones is 1. The van der Waals surface area contributed by atoms with Gasteiger partial charge in [-0.25, -0.2) is 4.98 Å². The van der Waals surface area contributed by atoms with E-state index in [1.807, 2.05) is 6.92 Å². The highest BCUT2D eigenvalue weighted by Gasteiger charge is 2.13. The Morgan fingerprint density at radius 1 is 1.43 bits per heavy atom. The second kappa shape index (κ2) is 3.67. The Kier molecular flexibility index (Phi) is 2.37. The predicted molar refractivity (Wildman–Crippen MR) is 54.5 cm³/mol. The standard InChI is InChI=1S/C10H8N2OS/c1-7-8(3-2-4-11-7)10(13)9-5-14-6-12-9/h2-6H,1H3. The number of rotatable bonds is 2. The van der Waals surface area contributed by atoms with Gasteiger partial charge in [-0.05, 0) is 19.1 Å². The Labute approximate surface area is 85.5 Å². The van der Waals surface area contributed by atoms with Gasteiger partial charge in [0.15, 0.2) is 0 Å². The van der Waals surface area contributed by atoms with Crippen LogP contribution in [0.1, 0.15) is 21.7 Å². The molecule has 2 rings (SSSR count). The molecule has 4 heteroatoms. The van der Waals surface area contributed by atoms with E-state index in [0.717, 1.165) is 5.69 Å². The molecule has 0 fully saturated rings. The molecule has 0 atom stereocenters. The van der Waals surface area contributed by atoms with Gasteiger partial charge in [0, 0.05) is 22.8 Å². The van der Waals surface area contributed by atoms with E-state index in [1.165, 1.54) is 11.3 Å². The molecule has 0 saturated carbocycles. The first kappa shape index (κ1) is 9.02. The van der Waals surface area contributed by atoms with Gasteiger partial charge >= 0.3 is 0 Å². The van der Waals surface area contributed by atoms with Crippen LogP contribution in [-0.2, 0) is 0 Å². The summed E-state index contributed by atoms with van der Waals surface area (Å²) in [6, 6.07) is 3.52. The van der Waals surface area contributed by atoms with Crippen molar-refractivity contribution in [3.8, 4) is 0 Å². The molecular weight excluding hydrogens is 196 g/mol. The number of aryl methyl sites for hydroxylation is 1. The maximum Gasteiger partial charge on any atom is 0.214 e. The number of carbonyl (C=O) groups excluding carboxylic acids is 1. The van der Waals surface area contributed by atoms with Crippen LogP contribution in [0.2, 0.25) is 0 Å². The zero-order valence-corrected chi connectivity index (χ0v) is 8.41. The molecule has 14 heavy (non-hydrogen) atoms. The van der Waals surface area contributed by atoms with E-state index >= 15 is 0 Å². The van der Waals surface area contributed by atoms with Crippen LogP contribution in [-0.4, -0.2) is 15.8 Å². The molecule has 0 amide bonds. The molecule has 0 aliphatic carbocycles. The minimum atomic E-state index is -0.0585. The monoisotopic (exact) mass is 204 g/mol. The normalized spacial score (nSPS) is 10.1. The molecule has 0 N–H and O–H groups in total. The fourth-order valence-electron chi connectivity index (χ4n) is 1.19. The van der Waals surface area contributed by atoms with E-state index in [9.17, 15) is 4.79 Å². The molecule has 0 aromatic carbocycles. The van der Waals surface area contributed by atoms with E-state index in [-0.39, 0.29) is 5.78 Å². The van der Waals surface area contributed by atoms with Gasteiger partial charge in [0.2, 0.25) is 5.78 Å². The van der Waals surface area contributed by atoms with E-state index in [4.69, 9.17) is 0 Å². The molecule has 0 spiro atoms. The van der Waals surface area contributed by atoms with Crippen molar-refractivity contribution in [3.63, 3.8) is 0 Å². The van der Waals surface area contributed by atoms with Crippen LogP contribution < -0.4 is 0 Å². The Bertz CT molecular complexity index is 451. The van der Waals surface area contributed by atoms with Gasteiger partial charge in [-0.2, -0.15) is 0 Å². The molecule has 2 aromatic rings.